The molecule has 0 bridgehead atoms. The third kappa shape index (κ3) is 4.89. The van der Waals surface area contributed by atoms with E-state index in [-0.39, 0.29) is 11.9 Å². The van der Waals surface area contributed by atoms with Crippen molar-refractivity contribution in [1.29, 1.82) is 5.26 Å². The Morgan fingerprint density at radius 1 is 1.32 bits per heavy atom. The number of aliphatic hydroxyl groups excluding tert-OH is 1. The molecule has 0 saturated carbocycles. The Kier molecular flexibility index (Phi) is 6.85. The summed E-state index contributed by atoms with van der Waals surface area (Å²) in [4.78, 5) is 19.8. The van der Waals surface area contributed by atoms with Gasteiger partial charge in [-0.3, -0.25) is 15.0 Å². The zero-order valence-electron chi connectivity index (χ0n) is 20.0. The smallest absolute Gasteiger partial charge is 0.147 e. The van der Waals surface area contributed by atoms with E-state index in [1.807, 2.05) is 17.9 Å². The second-order valence-corrected chi connectivity index (χ2v) is 8.87. The molecule has 1 aliphatic rings. The fourth-order valence-corrected chi connectivity index (χ4v) is 4.55. The molecule has 0 amide bonds. The Bertz CT molecular complexity index is 1500. The minimum absolute atomic E-state index is 0.199. The summed E-state index contributed by atoms with van der Waals surface area (Å²) < 4.78 is 7.27. The quantitative estimate of drug-likeness (QED) is 0.290. The first-order chi connectivity index (χ1) is 18.0. The molecule has 4 aromatic heterocycles. The number of halogens is 1. The molecule has 0 unspecified atom stereocenters. The van der Waals surface area contributed by atoms with Crippen LogP contribution in [0.5, 0.6) is 5.75 Å². The van der Waals surface area contributed by atoms with Crippen LogP contribution in [-0.4, -0.2) is 67.4 Å². The summed E-state index contributed by atoms with van der Waals surface area (Å²) in [6, 6.07) is 7.03. The molecule has 4 aromatic rings. The first kappa shape index (κ1) is 24.4. The molecular weight excluding hydrogens is 494 g/mol. The van der Waals surface area contributed by atoms with Gasteiger partial charge in [-0.2, -0.15) is 10.4 Å². The fraction of sp³-hybridized carbons (Fsp3) is 0.280. The highest BCUT2D eigenvalue weighted by molar-refractivity contribution is 6.33. The van der Waals surface area contributed by atoms with Crippen LogP contribution in [0.3, 0.4) is 0 Å². The van der Waals surface area contributed by atoms with Gasteiger partial charge in [0.15, 0.2) is 0 Å². The molecule has 188 valence electrons. The Balaban J connectivity index is 1.35. The van der Waals surface area contributed by atoms with Crippen molar-refractivity contribution in [2.45, 2.75) is 25.5 Å². The number of nitrogens with two attached hydrogens (primary N) is 1. The van der Waals surface area contributed by atoms with E-state index in [9.17, 15) is 10.4 Å². The topological polar surface area (TPSA) is 151 Å². The van der Waals surface area contributed by atoms with Gasteiger partial charge < -0.3 is 20.5 Å². The summed E-state index contributed by atoms with van der Waals surface area (Å²) in [5.41, 5.74) is 8.84. The van der Waals surface area contributed by atoms with Crippen molar-refractivity contribution in [2.24, 2.45) is 10.7 Å². The van der Waals surface area contributed by atoms with Crippen molar-refractivity contribution in [3.05, 3.63) is 65.5 Å². The predicted octanol–water partition coefficient (Wildman–Crippen LogP) is 2.46. The second-order valence-electron chi connectivity index (χ2n) is 8.46. The number of nitrogens with zero attached hydrogens (tertiary/aromatic N) is 8. The standard InChI is InChI=1S/C25H24ClN9O2/c1-2-37-16-8-17(24-15(9-27)10-32-35(24)13-16)20-11-31-22(12-30-20)34-7-5-19(21(36)14-34)33-25(28)23-18(26)4-3-6-29-23/h3-4,6,8,10-13,19,21,36H,2,5,7,14H2,1H3,(H2,28,33)/t19-,21-/m0/s1. The molecule has 3 N–H and O–H groups in total. The summed E-state index contributed by atoms with van der Waals surface area (Å²) in [6.45, 7) is 3.31. The summed E-state index contributed by atoms with van der Waals surface area (Å²) in [6.07, 6.45) is 7.94. The number of pyridine rings is 2. The van der Waals surface area contributed by atoms with Gasteiger partial charge in [0, 0.05) is 24.8 Å². The van der Waals surface area contributed by atoms with E-state index in [1.54, 1.807) is 41.4 Å². The van der Waals surface area contributed by atoms with Crippen molar-refractivity contribution >= 4 is 28.8 Å². The van der Waals surface area contributed by atoms with E-state index in [4.69, 9.17) is 22.1 Å². The molecule has 0 aliphatic carbocycles. The molecular formula is C25H24ClN9O2. The van der Waals surface area contributed by atoms with Crippen LogP contribution >= 0.6 is 11.6 Å². The zero-order chi connectivity index (χ0) is 25.9. The van der Waals surface area contributed by atoms with Crippen molar-refractivity contribution in [3.8, 4) is 23.1 Å². The van der Waals surface area contributed by atoms with E-state index in [0.717, 1.165) is 0 Å². The number of rotatable bonds is 6. The number of aromatic nitrogens is 5. The minimum atomic E-state index is -0.760. The lowest BCUT2D eigenvalue weighted by Gasteiger charge is -2.34. The fourth-order valence-electron chi connectivity index (χ4n) is 4.34. The normalized spacial score (nSPS) is 18.1. The van der Waals surface area contributed by atoms with Gasteiger partial charge in [0.1, 0.15) is 29.2 Å². The largest absolute Gasteiger partial charge is 0.492 e. The number of piperidine rings is 1. The van der Waals surface area contributed by atoms with Crippen LogP contribution in [-0.2, 0) is 0 Å². The highest BCUT2D eigenvalue weighted by Gasteiger charge is 2.29. The van der Waals surface area contributed by atoms with Crippen molar-refractivity contribution in [3.63, 3.8) is 0 Å². The van der Waals surface area contributed by atoms with Gasteiger partial charge in [0.25, 0.3) is 0 Å². The molecule has 37 heavy (non-hydrogen) atoms. The molecule has 0 radical (unpaired) electrons. The first-order valence-electron chi connectivity index (χ1n) is 11.7. The number of amidine groups is 1. The Hall–Kier alpha value is -4.27. The van der Waals surface area contributed by atoms with Crippen LogP contribution in [0.2, 0.25) is 5.02 Å². The Labute approximate surface area is 217 Å². The number of anilines is 1. The maximum Gasteiger partial charge on any atom is 0.147 e. The number of fused-ring (bicyclic) bond motifs is 1. The first-order valence-corrected chi connectivity index (χ1v) is 12.1. The predicted molar refractivity (Wildman–Crippen MR) is 139 cm³/mol. The molecule has 12 heteroatoms. The van der Waals surface area contributed by atoms with Crippen LogP contribution in [0.25, 0.3) is 16.8 Å². The van der Waals surface area contributed by atoms with E-state index < -0.39 is 6.10 Å². The monoisotopic (exact) mass is 517 g/mol. The second kappa shape index (κ2) is 10.4. The zero-order valence-corrected chi connectivity index (χ0v) is 20.7. The van der Waals surface area contributed by atoms with Gasteiger partial charge in [-0.1, -0.05) is 11.6 Å². The van der Waals surface area contributed by atoms with Crippen molar-refractivity contribution in [1.82, 2.24) is 24.6 Å². The molecule has 0 spiro atoms. The maximum atomic E-state index is 10.8. The summed E-state index contributed by atoms with van der Waals surface area (Å²) in [5, 5.41) is 25.0. The van der Waals surface area contributed by atoms with Gasteiger partial charge in [-0.25, -0.2) is 9.50 Å². The molecule has 1 aliphatic heterocycles. The summed E-state index contributed by atoms with van der Waals surface area (Å²) in [5.74, 6) is 1.43. The van der Waals surface area contributed by atoms with Gasteiger partial charge >= 0.3 is 0 Å². The number of aliphatic imine (C=N–C) groups is 1. The third-order valence-electron chi connectivity index (χ3n) is 6.11. The van der Waals surface area contributed by atoms with Crippen molar-refractivity contribution in [2.75, 3.05) is 24.6 Å². The molecule has 1 fully saturated rings. The van der Waals surface area contributed by atoms with Gasteiger partial charge in [-0.15, -0.1) is 0 Å². The lowest BCUT2D eigenvalue weighted by atomic mass is 10.0. The number of ether oxygens (including phenoxy) is 1. The highest BCUT2D eigenvalue weighted by Crippen LogP contribution is 2.30. The Morgan fingerprint density at radius 2 is 2.19 bits per heavy atom. The Morgan fingerprint density at radius 3 is 2.89 bits per heavy atom. The number of nitriles is 1. The molecule has 2 atom stereocenters. The molecule has 1 saturated heterocycles. The maximum absolute atomic E-state index is 10.8. The van der Waals surface area contributed by atoms with Crippen molar-refractivity contribution < 1.29 is 9.84 Å². The lowest BCUT2D eigenvalue weighted by molar-refractivity contribution is 0.132. The highest BCUT2D eigenvalue weighted by atomic mass is 35.5. The summed E-state index contributed by atoms with van der Waals surface area (Å²) >= 11 is 6.16. The van der Waals surface area contributed by atoms with Crippen LogP contribution in [0.1, 0.15) is 24.6 Å². The average molecular weight is 518 g/mol. The number of hydrogen-bond acceptors (Lipinski definition) is 9. The van der Waals surface area contributed by atoms with E-state index in [1.165, 1.54) is 6.20 Å². The van der Waals surface area contributed by atoms with Crippen LogP contribution < -0.4 is 15.4 Å². The molecule has 5 rings (SSSR count). The van der Waals surface area contributed by atoms with Crippen LogP contribution in [0.15, 0.2) is 54.2 Å². The number of β-amino-alcohol motifs (C(OH)–C–C–N with tert-alkyl or cyclic N) is 1. The van der Waals surface area contributed by atoms with Crippen LogP contribution in [0, 0.1) is 11.3 Å². The molecule has 0 aromatic carbocycles. The third-order valence-corrected chi connectivity index (χ3v) is 6.41. The average Bonchev–Trinajstić information content (AvgIpc) is 3.33. The minimum Gasteiger partial charge on any atom is -0.492 e. The van der Waals surface area contributed by atoms with E-state index in [2.05, 4.69) is 31.1 Å². The van der Waals surface area contributed by atoms with E-state index >= 15 is 0 Å². The van der Waals surface area contributed by atoms with Crippen LogP contribution in [0.4, 0.5) is 5.82 Å². The van der Waals surface area contributed by atoms with Gasteiger partial charge in [0.2, 0.25) is 0 Å². The summed E-state index contributed by atoms with van der Waals surface area (Å²) in [7, 11) is 0. The van der Waals surface area contributed by atoms with Gasteiger partial charge in [0.05, 0.1) is 65.3 Å². The number of hydrogen-bond donors (Lipinski definition) is 2. The molecule has 5 heterocycles. The SMILES string of the molecule is CCOc1cc(-c2cnc(N3CC[C@H](N=C(N)c4ncccc4Cl)[C@@H](O)C3)cn2)c2c(C#N)cnn2c1. The van der Waals surface area contributed by atoms with E-state index in [0.29, 0.717) is 70.7 Å². The molecule has 11 nitrogen and oxygen atoms in total. The lowest BCUT2D eigenvalue weighted by Crippen LogP contribution is -2.47. The number of aliphatic hydroxyl groups is 1. The van der Waals surface area contributed by atoms with Gasteiger partial charge in [-0.05, 0) is 31.5 Å².